The molecule has 0 atom stereocenters. The van der Waals surface area contributed by atoms with Crippen molar-refractivity contribution in [2.75, 3.05) is 0 Å². The van der Waals surface area contributed by atoms with Crippen molar-refractivity contribution in [2.24, 2.45) is 0 Å². The summed E-state index contributed by atoms with van der Waals surface area (Å²) in [6.45, 7) is 3.86. The topological polar surface area (TPSA) is 59.3 Å². The fraction of sp³-hybridized carbons (Fsp3) is 0.136. The van der Waals surface area contributed by atoms with Crippen molar-refractivity contribution in [1.82, 2.24) is 19.9 Å². The zero-order valence-corrected chi connectivity index (χ0v) is 15.6. The van der Waals surface area contributed by atoms with Crippen molar-refractivity contribution >= 4 is 11.6 Å². The van der Waals surface area contributed by atoms with Crippen LogP contribution < -0.4 is 5.32 Å². The second-order valence-electron chi connectivity index (χ2n) is 6.59. The highest BCUT2D eigenvalue weighted by Crippen LogP contribution is 2.27. The lowest BCUT2D eigenvalue weighted by Crippen LogP contribution is -2.25. The summed E-state index contributed by atoms with van der Waals surface area (Å²) in [5.74, 6) is -0.659. The van der Waals surface area contributed by atoms with E-state index in [0.29, 0.717) is 22.5 Å². The molecule has 0 spiro atoms. The maximum atomic E-state index is 13.8. The Morgan fingerprint density at radius 1 is 1.07 bits per heavy atom. The highest BCUT2D eigenvalue weighted by atomic mass is 19.1. The van der Waals surface area contributed by atoms with Gasteiger partial charge in [-0.05, 0) is 25.5 Å². The van der Waals surface area contributed by atoms with Gasteiger partial charge in [0.05, 0.1) is 17.0 Å². The number of halogens is 1. The Hall–Kier alpha value is -3.54. The van der Waals surface area contributed by atoms with Crippen LogP contribution in [0.5, 0.6) is 0 Å². The number of benzene rings is 2. The minimum Gasteiger partial charge on any atom is -0.348 e. The van der Waals surface area contributed by atoms with E-state index in [1.54, 1.807) is 28.9 Å². The first-order chi connectivity index (χ1) is 13.6. The van der Waals surface area contributed by atoms with E-state index in [0.717, 1.165) is 16.8 Å². The number of aromatic nitrogens is 3. The number of rotatable bonds is 4. The van der Waals surface area contributed by atoms with E-state index >= 15 is 0 Å². The zero-order valence-electron chi connectivity index (χ0n) is 15.6. The van der Waals surface area contributed by atoms with Crippen LogP contribution in [0.25, 0.3) is 16.8 Å². The molecule has 2 aromatic heterocycles. The van der Waals surface area contributed by atoms with E-state index < -0.39 is 0 Å². The molecular formula is C22H19FN4O. The molecule has 0 unspecified atom stereocenters. The van der Waals surface area contributed by atoms with Crippen LogP contribution in [0, 0.1) is 19.7 Å². The molecule has 0 saturated heterocycles. The predicted octanol–water partition coefficient (Wildman–Crippen LogP) is 4.08. The summed E-state index contributed by atoms with van der Waals surface area (Å²) in [7, 11) is 0. The van der Waals surface area contributed by atoms with Crippen molar-refractivity contribution in [3.8, 4) is 11.1 Å². The molecular weight excluding hydrogens is 355 g/mol. The number of nitrogens with one attached hydrogen (secondary N) is 1. The molecule has 0 saturated carbocycles. The molecule has 4 rings (SSSR count). The van der Waals surface area contributed by atoms with Crippen LogP contribution in [0.15, 0.2) is 60.8 Å². The molecule has 0 aliphatic carbocycles. The highest BCUT2D eigenvalue weighted by molar-refractivity contribution is 5.95. The van der Waals surface area contributed by atoms with Gasteiger partial charge in [-0.3, -0.25) is 4.79 Å². The second-order valence-corrected chi connectivity index (χ2v) is 6.59. The Morgan fingerprint density at radius 3 is 2.54 bits per heavy atom. The first kappa shape index (κ1) is 17.9. The summed E-state index contributed by atoms with van der Waals surface area (Å²) in [6.07, 6.45) is 1.55. The Balaban J connectivity index is 1.67. The van der Waals surface area contributed by atoms with Crippen LogP contribution in [0.4, 0.5) is 4.39 Å². The normalized spacial score (nSPS) is 11.0. The maximum Gasteiger partial charge on any atom is 0.254 e. The Bertz CT molecular complexity index is 1170. The molecule has 0 radical (unpaired) electrons. The molecule has 28 heavy (non-hydrogen) atoms. The summed E-state index contributed by atoms with van der Waals surface area (Å²) in [5, 5.41) is 7.33. The van der Waals surface area contributed by atoms with E-state index in [9.17, 15) is 9.18 Å². The van der Waals surface area contributed by atoms with Gasteiger partial charge in [-0.25, -0.2) is 13.9 Å². The number of fused-ring (bicyclic) bond motifs is 1. The molecule has 2 heterocycles. The molecule has 0 aliphatic rings. The van der Waals surface area contributed by atoms with Crippen molar-refractivity contribution in [2.45, 2.75) is 20.4 Å². The number of hydrogen-bond donors (Lipinski definition) is 1. The molecule has 0 bridgehead atoms. The lowest BCUT2D eigenvalue weighted by molar-refractivity contribution is 0.0949. The van der Waals surface area contributed by atoms with Crippen molar-refractivity contribution < 1.29 is 9.18 Å². The number of carbonyl (C=O) groups is 1. The van der Waals surface area contributed by atoms with E-state index in [1.807, 2.05) is 44.2 Å². The van der Waals surface area contributed by atoms with Gasteiger partial charge >= 0.3 is 0 Å². The molecule has 2 aromatic carbocycles. The van der Waals surface area contributed by atoms with Crippen LogP contribution in [0.3, 0.4) is 0 Å². The lowest BCUT2D eigenvalue weighted by Gasteiger charge is -2.09. The molecule has 0 aliphatic heterocycles. The number of nitrogens with zero attached hydrogens (tertiary/aromatic N) is 3. The van der Waals surface area contributed by atoms with Crippen LogP contribution >= 0.6 is 0 Å². The van der Waals surface area contributed by atoms with Crippen LogP contribution in [0.2, 0.25) is 0 Å². The maximum absolute atomic E-state index is 13.8. The third kappa shape index (κ3) is 3.13. The standard InChI is InChI=1S/C22H19FN4O/c1-14-20(16-8-4-3-5-9-16)21-24-13-18(15(2)27(21)26-14)22(28)25-12-17-10-6-7-11-19(17)23/h3-11,13H,12H2,1-2H3,(H,25,28). The number of amides is 1. The van der Waals surface area contributed by atoms with E-state index in [2.05, 4.69) is 15.4 Å². The van der Waals surface area contributed by atoms with Crippen LogP contribution in [0.1, 0.15) is 27.3 Å². The van der Waals surface area contributed by atoms with E-state index in [-0.39, 0.29) is 18.3 Å². The second kappa shape index (κ2) is 7.23. The summed E-state index contributed by atoms with van der Waals surface area (Å²) in [6, 6.07) is 16.3. The first-order valence-electron chi connectivity index (χ1n) is 8.98. The summed E-state index contributed by atoms with van der Waals surface area (Å²) < 4.78 is 15.5. The molecule has 4 aromatic rings. The van der Waals surface area contributed by atoms with Crippen molar-refractivity contribution in [3.63, 3.8) is 0 Å². The largest absolute Gasteiger partial charge is 0.348 e. The van der Waals surface area contributed by atoms with Crippen LogP contribution in [-0.4, -0.2) is 20.5 Å². The number of hydrogen-bond acceptors (Lipinski definition) is 3. The highest BCUT2D eigenvalue weighted by Gasteiger charge is 2.18. The monoisotopic (exact) mass is 374 g/mol. The van der Waals surface area contributed by atoms with Gasteiger partial charge in [0.25, 0.3) is 5.91 Å². The Kier molecular flexibility index (Phi) is 4.61. The predicted molar refractivity (Wildman–Crippen MR) is 105 cm³/mol. The van der Waals surface area contributed by atoms with Gasteiger partial charge in [-0.2, -0.15) is 5.10 Å². The van der Waals surface area contributed by atoms with Crippen LogP contribution in [-0.2, 0) is 6.54 Å². The molecule has 1 amide bonds. The fourth-order valence-electron chi connectivity index (χ4n) is 3.28. The lowest BCUT2D eigenvalue weighted by atomic mass is 10.1. The third-order valence-corrected chi connectivity index (χ3v) is 4.76. The van der Waals surface area contributed by atoms with Gasteiger partial charge in [0.15, 0.2) is 5.65 Å². The molecule has 5 nitrogen and oxygen atoms in total. The van der Waals surface area contributed by atoms with Gasteiger partial charge in [0.1, 0.15) is 5.82 Å². The molecule has 1 N–H and O–H groups in total. The quantitative estimate of drug-likeness (QED) is 0.585. The van der Waals surface area contributed by atoms with Gasteiger partial charge in [0.2, 0.25) is 0 Å². The van der Waals surface area contributed by atoms with Crippen molar-refractivity contribution in [1.29, 1.82) is 0 Å². The Morgan fingerprint density at radius 2 is 1.79 bits per heavy atom. The SMILES string of the molecule is Cc1nn2c(C)c(C(=O)NCc3ccccc3F)cnc2c1-c1ccccc1. The van der Waals surface area contributed by atoms with Gasteiger partial charge in [0, 0.05) is 23.9 Å². The smallest absolute Gasteiger partial charge is 0.254 e. The van der Waals surface area contributed by atoms with Gasteiger partial charge in [-0.1, -0.05) is 48.5 Å². The molecule has 6 heteroatoms. The average molecular weight is 374 g/mol. The summed E-state index contributed by atoms with van der Waals surface area (Å²) >= 11 is 0. The average Bonchev–Trinajstić information content (AvgIpc) is 3.05. The Labute approximate surface area is 161 Å². The van der Waals surface area contributed by atoms with Gasteiger partial charge < -0.3 is 5.32 Å². The summed E-state index contributed by atoms with van der Waals surface area (Å²) in [4.78, 5) is 17.1. The van der Waals surface area contributed by atoms with E-state index in [4.69, 9.17) is 0 Å². The van der Waals surface area contributed by atoms with E-state index in [1.165, 1.54) is 6.07 Å². The van der Waals surface area contributed by atoms with Gasteiger partial charge in [-0.15, -0.1) is 0 Å². The zero-order chi connectivity index (χ0) is 19.7. The number of aryl methyl sites for hydroxylation is 2. The first-order valence-corrected chi connectivity index (χ1v) is 8.98. The molecule has 0 fully saturated rings. The number of carbonyl (C=O) groups excluding carboxylic acids is 1. The minimum atomic E-state index is -0.344. The molecule has 140 valence electrons. The van der Waals surface area contributed by atoms with Crippen molar-refractivity contribution in [3.05, 3.63) is 89.1 Å². The minimum absolute atomic E-state index is 0.108. The fourth-order valence-corrected chi connectivity index (χ4v) is 3.28. The third-order valence-electron chi connectivity index (χ3n) is 4.76. The summed E-state index contributed by atoms with van der Waals surface area (Å²) in [5.41, 5.74) is 5.04.